The normalized spacial score (nSPS) is 14.3. The van der Waals surface area contributed by atoms with E-state index in [0.29, 0.717) is 0 Å². The second-order valence-electron chi connectivity index (χ2n) is 24.7. The highest BCUT2D eigenvalue weighted by atomic mass is 14.6. The molecule has 414 valence electrons. The maximum absolute atomic E-state index is 3.79. The highest BCUT2D eigenvalue weighted by molar-refractivity contribution is 6.05. The van der Waals surface area contributed by atoms with Crippen LogP contribution in [0.25, 0.3) is 33.4 Å². The van der Waals surface area contributed by atoms with Gasteiger partial charge in [-0.3, -0.25) is 0 Å². The summed E-state index contributed by atoms with van der Waals surface area (Å²) in [5.41, 5.74) is 23.7. The van der Waals surface area contributed by atoms with E-state index in [1.807, 2.05) is 0 Å². The monoisotopic (exact) mass is 1050 g/mol. The van der Waals surface area contributed by atoms with Crippen molar-refractivity contribution >= 4 is 0 Å². The summed E-state index contributed by atoms with van der Waals surface area (Å²) in [4.78, 5) is 0. The fourth-order valence-corrected chi connectivity index (χ4v) is 15.4. The lowest BCUT2D eigenvalue weighted by molar-refractivity contribution is 0.389. The Bertz CT molecular complexity index is 2950. The third kappa shape index (κ3) is 12.2. The van der Waals surface area contributed by atoms with Crippen molar-refractivity contribution in [2.24, 2.45) is 0 Å². The Morgan fingerprint density at radius 3 is 0.861 bits per heavy atom. The van der Waals surface area contributed by atoms with Gasteiger partial charge in [-0.1, -0.05) is 292 Å². The molecule has 0 N–H and O–H groups in total. The van der Waals surface area contributed by atoms with Crippen LogP contribution in [-0.2, 0) is 16.2 Å². The minimum atomic E-state index is -0.149. The van der Waals surface area contributed by atoms with E-state index in [9.17, 15) is 0 Å². The van der Waals surface area contributed by atoms with Crippen molar-refractivity contribution in [2.45, 2.75) is 250 Å². The summed E-state index contributed by atoms with van der Waals surface area (Å²) in [6.45, 7) is 14.4. The van der Waals surface area contributed by atoms with Gasteiger partial charge in [-0.15, -0.1) is 0 Å². The van der Waals surface area contributed by atoms with Crippen molar-refractivity contribution < 1.29 is 0 Å². The van der Waals surface area contributed by atoms with Crippen LogP contribution in [0.3, 0.4) is 0 Å². The van der Waals surface area contributed by atoms with Crippen molar-refractivity contribution in [1.29, 1.82) is 0 Å². The van der Waals surface area contributed by atoms with E-state index in [-0.39, 0.29) is 16.2 Å². The Labute approximate surface area is 481 Å². The fourth-order valence-electron chi connectivity index (χ4n) is 15.4. The van der Waals surface area contributed by atoms with Crippen molar-refractivity contribution in [3.8, 4) is 57.1 Å². The molecule has 0 heterocycles. The summed E-state index contributed by atoms with van der Waals surface area (Å²) in [7, 11) is 0. The largest absolute Gasteiger partial charge is 0.0654 e. The van der Waals surface area contributed by atoms with Gasteiger partial charge in [0.05, 0.1) is 0 Å². The van der Waals surface area contributed by atoms with Gasteiger partial charge >= 0.3 is 0 Å². The molecule has 79 heavy (non-hydrogen) atoms. The fraction of sp³-hybridized carbons (Fsp3) is 0.494. The first-order valence-corrected chi connectivity index (χ1v) is 32.7. The third-order valence-corrected chi connectivity index (χ3v) is 19.2. The highest BCUT2D eigenvalue weighted by Crippen LogP contribution is 2.71. The molecule has 0 fully saturated rings. The first-order chi connectivity index (χ1) is 38.9. The van der Waals surface area contributed by atoms with Gasteiger partial charge in [-0.25, -0.2) is 0 Å². The molecule has 6 aromatic carbocycles. The lowest BCUT2D eigenvalue weighted by Crippen LogP contribution is -2.31. The molecule has 0 unspecified atom stereocenters. The summed E-state index contributed by atoms with van der Waals surface area (Å²) in [6, 6.07) is 46.8. The smallest absolute Gasteiger partial charge is 0.0252 e. The molecule has 0 saturated carbocycles. The van der Waals surface area contributed by atoms with Crippen LogP contribution in [0, 0.1) is 23.7 Å². The van der Waals surface area contributed by atoms with Crippen molar-refractivity contribution in [2.75, 3.05) is 0 Å². The van der Waals surface area contributed by atoms with Crippen LogP contribution in [0.15, 0.2) is 121 Å². The molecule has 6 aromatic rings. The summed E-state index contributed by atoms with van der Waals surface area (Å²) in [5, 5.41) is 0. The van der Waals surface area contributed by atoms with Gasteiger partial charge in [0.1, 0.15) is 0 Å². The molecule has 0 atom stereocenters. The number of unbranched alkanes of at least 4 members (excludes halogenated alkanes) is 18. The van der Waals surface area contributed by atoms with Crippen LogP contribution >= 0.6 is 0 Å². The van der Waals surface area contributed by atoms with E-state index in [1.165, 1.54) is 204 Å². The number of fused-ring (bicyclic) bond motifs is 12. The van der Waals surface area contributed by atoms with Crippen LogP contribution in [0.2, 0.25) is 0 Å². The van der Waals surface area contributed by atoms with Gasteiger partial charge in [0.25, 0.3) is 0 Å². The molecule has 0 heteroatoms. The van der Waals surface area contributed by atoms with Crippen LogP contribution in [0.1, 0.15) is 290 Å². The van der Waals surface area contributed by atoms with Crippen LogP contribution < -0.4 is 0 Å². The standard InChI is InChI=1S/C79H98/c1-7-13-19-33-53-77(54-34-20-14-8-2)68-44-32-31-43-65(68)71-74(77)72-66-51-49-63(47-45-61-39-27-25-28-40-61)59-69(66)79(57-37-23-17-11-5,58-38-24-18-12-6)76(72)73-67-52-50-64(48-46-62-41-29-26-30-42-62)60-70(67)78(75(71)73,55-35-21-15-9-3)56-36-22-16-10-4/h25-32,39-44,49-52,59-60H,7-24,33-38,53-58H2,1-6H3. The van der Waals surface area contributed by atoms with E-state index < -0.39 is 0 Å². The number of rotatable bonds is 30. The van der Waals surface area contributed by atoms with Crippen molar-refractivity contribution in [1.82, 2.24) is 0 Å². The van der Waals surface area contributed by atoms with Gasteiger partial charge in [0, 0.05) is 38.5 Å². The Hall–Kier alpha value is -5.56. The first-order valence-electron chi connectivity index (χ1n) is 32.7. The zero-order valence-electron chi connectivity index (χ0n) is 50.3. The molecule has 0 bridgehead atoms. The van der Waals surface area contributed by atoms with Crippen LogP contribution in [0.5, 0.6) is 0 Å². The SMILES string of the molecule is CCCCCCC1(CCCCCC)c2ccccc2-c2c1c1c(c3c2C(CCCCCC)(CCCCCC)c2cc(C#Cc4ccccc4)ccc2-3)C(CCCCCC)(CCCCCC)c2cc(C#Cc3ccccc3)ccc2-1. The molecule has 0 saturated heterocycles. The molecular weight excluding hydrogens is 949 g/mol. The maximum Gasteiger partial charge on any atom is 0.0252 e. The molecule has 0 nitrogen and oxygen atoms in total. The number of benzene rings is 6. The second-order valence-corrected chi connectivity index (χ2v) is 24.7. The Balaban J connectivity index is 1.46. The topological polar surface area (TPSA) is 0 Å². The minimum absolute atomic E-state index is 0.0761. The predicted octanol–water partition coefficient (Wildman–Crippen LogP) is 23.1. The Morgan fingerprint density at radius 1 is 0.253 bits per heavy atom. The second kappa shape index (κ2) is 28.2. The summed E-state index contributed by atoms with van der Waals surface area (Å²) in [5.74, 6) is 14.9. The van der Waals surface area contributed by atoms with E-state index in [0.717, 1.165) is 22.3 Å². The maximum atomic E-state index is 3.79. The molecule has 9 rings (SSSR count). The number of hydrogen-bond donors (Lipinski definition) is 0. The van der Waals surface area contributed by atoms with Gasteiger partial charge in [-0.05, 0) is 154 Å². The molecular formula is C79H98. The van der Waals surface area contributed by atoms with Gasteiger partial charge in [-0.2, -0.15) is 0 Å². The van der Waals surface area contributed by atoms with Crippen molar-refractivity contribution in [3.05, 3.63) is 177 Å². The summed E-state index contributed by atoms with van der Waals surface area (Å²) < 4.78 is 0. The van der Waals surface area contributed by atoms with E-state index in [1.54, 1.807) is 55.6 Å². The van der Waals surface area contributed by atoms with E-state index in [2.05, 4.69) is 187 Å². The molecule has 3 aliphatic carbocycles. The summed E-state index contributed by atoms with van der Waals surface area (Å²) in [6.07, 6.45) is 37.7. The average Bonchev–Trinajstić information content (AvgIpc) is 1.80. The Morgan fingerprint density at radius 2 is 0.532 bits per heavy atom. The average molecular weight is 1050 g/mol. The first kappa shape index (κ1) is 58.1. The lowest BCUT2D eigenvalue weighted by atomic mass is 9.63. The Kier molecular flexibility index (Phi) is 20.8. The molecule has 0 amide bonds. The zero-order valence-corrected chi connectivity index (χ0v) is 50.3. The van der Waals surface area contributed by atoms with Crippen LogP contribution in [0.4, 0.5) is 0 Å². The van der Waals surface area contributed by atoms with Gasteiger partial charge in [0.2, 0.25) is 0 Å². The predicted molar refractivity (Wildman–Crippen MR) is 342 cm³/mol. The molecule has 0 radical (unpaired) electrons. The van der Waals surface area contributed by atoms with Gasteiger partial charge in [0.15, 0.2) is 0 Å². The molecule has 3 aliphatic rings. The minimum Gasteiger partial charge on any atom is -0.0654 e. The number of hydrogen-bond acceptors (Lipinski definition) is 0. The summed E-state index contributed by atoms with van der Waals surface area (Å²) >= 11 is 0. The lowest BCUT2D eigenvalue weighted by Gasteiger charge is -2.39. The molecule has 0 aromatic heterocycles. The molecule has 0 spiro atoms. The quantitative estimate of drug-likeness (QED) is 0.0312. The van der Waals surface area contributed by atoms with Crippen LogP contribution in [-0.4, -0.2) is 0 Å². The zero-order chi connectivity index (χ0) is 54.9. The van der Waals surface area contributed by atoms with E-state index in [4.69, 9.17) is 0 Å². The van der Waals surface area contributed by atoms with E-state index >= 15 is 0 Å². The molecule has 0 aliphatic heterocycles. The van der Waals surface area contributed by atoms with Gasteiger partial charge < -0.3 is 0 Å². The third-order valence-electron chi connectivity index (χ3n) is 19.2. The van der Waals surface area contributed by atoms with Crippen molar-refractivity contribution in [3.63, 3.8) is 0 Å². The highest BCUT2D eigenvalue weighted by Gasteiger charge is 2.57.